The first kappa shape index (κ1) is 41.7. The number of ether oxygens (including phenoxy) is 3. The maximum absolute atomic E-state index is 13.9. The summed E-state index contributed by atoms with van der Waals surface area (Å²) < 4.78 is 15.0. The van der Waals surface area contributed by atoms with Gasteiger partial charge in [-0.1, -0.05) is 66.7 Å². The molecular weight excluding hydrogens is 791 g/mol. The minimum atomic E-state index is -0.904. The first-order valence-electron chi connectivity index (χ1n) is 20.6. The van der Waals surface area contributed by atoms with Gasteiger partial charge in [-0.05, 0) is 61.3 Å². The van der Waals surface area contributed by atoms with Crippen molar-refractivity contribution in [3.05, 3.63) is 115 Å². The maximum atomic E-state index is 13.9. The Hall–Kier alpha value is -7.07. The van der Waals surface area contributed by atoms with E-state index in [1.165, 1.54) is 21.3 Å². The Kier molecular flexibility index (Phi) is 12.3. The maximum Gasteiger partial charge on any atom is 0.407 e. The molecule has 320 valence electrons. The first-order chi connectivity index (χ1) is 30.1. The van der Waals surface area contributed by atoms with Gasteiger partial charge in [0.05, 0.1) is 61.9 Å². The summed E-state index contributed by atoms with van der Waals surface area (Å²) >= 11 is 0. The third-order valence-electron chi connectivity index (χ3n) is 11.8. The van der Waals surface area contributed by atoms with E-state index in [4.69, 9.17) is 24.2 Å². The lowest BCUT2D eigenvalue weighted by molar-refractivity contribution is -0.137. The highest BCUT2D eigenvalue weighted by Crippen LogP contribution is 2.36. The van der Waals surface area contributed by atoms with Crippen LogP contribution in [0.1, 0.15) is 67.9 Å². The number of aromatic nitrogens is 5. The van der Waals surface area contributed by atoms with Gasteiger partial charge >= 0.3 is 12.2 Å². The number of hydrogen-bond donors (Lipinski definition) is 4. The fraction of sp³-hybridized carbons (Fsp3) is 0.326. The number of fused-ring (bicyclic) bond motifs is 1. The molecule has 2 saturated heterocycles. The molecular formula is C46H49N9O7. The zero-order valence-corrected chi connectivity index (χ0v) is 35.0. The predicted molar refractivity (Wildman–Crippen MR) is 230 cm³/mol. The van der Waals surface area contributed by atoms with Gasteiger partial charge < -0.3 is 44.6 Å². The van der Waals surface area contributed by atoms with Gasteiger partial charge in [-0.15, -0.1) is 0 Å². The van der Waals surface area contributed by atoms with Crippen LogP contribution in [0.15, 0.2) is 97.5 Å². The molecule has 4 N–H and O–H groups in total. The third kappa shape index (κ3) is 8.59. The van der Waals surface area contributed by atoms with E-state index in [0.717, 1.165) is 70.2 Å². The second-order valence-corrected chi connectivity index (χ2v) is 15.5. The summed E-state index contributed by atoms with van der Waals surface area (Å²) in [6.45, 7) is 2.81. The predicted octanol–water partition coefficient (Wildman–Crippen LogP) is 6.87. The number of nitrogens with one attached hydrogen (secondary N) is 4. The van der Waals surface area contributed by atoms with Gasteiger partial charge in [0, 0.05) is 42.9 Å². The molecule has 0 spiro atoms. The summed E-state index contributed by atoms with van der Waals surface area (Å²) in [4.78, 5) is 76.5. The van der Waals surface area contributed by atoms with E-state index >= 15 is 0 Å². The van der Waals surface area contributed by atoms with Crippen molar-refractivity contribution in [1.82, 2.24) is 45.4 Å². The molecule has 4 amide bonds. The van der Waals surface area contributed by atoms with E-state index < -0.39 is 30.4 Å². The second-order valence-electron chi connectivity index (χ2n) is 15.5. The Morgan fingerprint density at radius 3 is 1.87 bits per heavy atom. The Morgan fingerprint density at radius 2 is 1.24 bits per heavy atom. The number of H-pyrrole nitrogens is 2. The molecule has 16 heteroatoms. The number of rotatable bonds is 12. The first-order valence-corrected chi connectivity index (χ1v) is 20.6. The smallest absolute Gasteiger partial charge is 0.407 e. The number of pyridine rings is 1. The van der Waals surface area contributed by atoms with Crippen molar-refractivity contribution < 1.29 is 33.4 Å². The van der Waals surface area contributed by atoms with Crippen LogP contribution in [0.2, 0.25) is 0 Å². The molecule has 5 heterocycles. The highest BCUT2D eigenvalue weighted by Gasteiger charge is 2.39. The number of carbonyl (C=O) groups is 4. The van der Waals surface area contributed by atoms with Crippen LogP contribution in [0.25, 0.3) is 44.5 Å². The summed E-state index contributed by atoms with van der Waals surface area (Å²) in [7, 11) is 4.03. The topological polar surface area (TPSA) is 197 Å². The summed E-state index contributed by atoms with van der Waals surface area (Å²) in [5, 5.41) is 7.32. The molecule has 0 bridgehead atoms. The van der Waals surface area contributed by atoms with Crippen LogP contribution in [0.5, 0.6) is 0 Å². The van der Waals surface area contributed by atoms with Crippen LogP contribution in [0, 0.1) is 0 Å². The van der Waals surface area contributed by atoms with Gasteiger partial charge in [0.2, 0.25) is 5.91 Å². The lowest BCUT2D eigenvalue weighted by atomic mass is 10.0. The molecule has 2 aliphatic heterocycles. The SMILES string of the molecule is COC(=O)NC(C(=O)N1CCCC1c1ncc(-c2ccc3cc(-c4ccc(-c5cnc(C6CCCN6C(=O)C(NC(=O)OC)C(C)OC)[nH]5)cc4)ncc3c2)[nH]1)c1ccccc1. The van der Waals surface area contributed by atoms with Crippen LogP contribution < -0.4 is 10.6 Å². The van der Waals surface area contributed by atoms with Gasteiger partial charge in [-0.2, -0.15) is 0 Å². The average molecular weight is 840 g/mol. The van der Waals surface area contributed by atoms with Gasteiger partial charge in [-0.3, -0.25) is 14.6 Å². The van der Waals surface area contributed by atoms with E-state index in [9.17, 15) is 19.2 Å². The number of imidazole rings is 2. The van der Waals surface area contributed by atoms with E-state index in [1.807, 2.05) is 66.9 Å². The monoisotopic (exact) mass is 839 g/mol. The van der Waals surface area contributed by atoms with E-state index in [-0.39, 0.29) is 23.9 Å². The van der Waals surface area contributed by atoms with Gasteiger partial charge in [0.25, 0.3) is 5.91 Å². The number of nitrogens with zero attached hydrogens (tertiary/aromatic N) is 5. The highest BCUT2D eigenvalue weighted by molar-refractivity contribution is 5.90. The minimum absolute atomic E-state index is 0.222. The van der Waals surface area contributed by atoms with Crippen LogP contribution in [0.3, 0.4) is 0 Å². The summed E-state index contributed by atoms with van der Waals surface area (Å²) in [5.41, 5.74) is 5.97. The van der Waals surface area contributed by atoms with Crippen molar-refractivity contribution in [2.24, 2.45) is 0 Å². The molecule has 5 unspecified atom stereocenters. The highest BCUT2D eigenvalue weighted by atomic mass is 16.5. The number of benzene rings is 3. The molecule has 0 saturated carbocycles. The minimum Gasteiger partial charge on any atom is -0.453 e. The summed E-state index contributed by atoms with van der Waals surface area (Å²) in [6.07, 6.45) is 6.58. The molecule has 2 fully saturated rings. The number of amides is 4. The molecule has 3 aromatic heterocycles. The Labute approximate surface area is 358 Å². The fourth-order valence-electron chi connectivity index (χ4n) is 8.38. The molecule has 62 heavy (non-hydrogen) atoms. The molecule has 0 aliphatic carbocycles. The van der Waals surface area contributed by atoms with E-state index in [1.54, 1.807) is 29.1 Å². The van der Waals surface area contributed by atoms with Crippen molar-refractivity contribution >= 4 is 34.8 Å². The number of aromatic amines is 2. The molecule has 16 nitrogen and oxygen atoms in total. The lowest BCUT2D eigenvalue weighted by Gasteiger charge is -2.30. The Balaban J connectivity index is 0.943. The van der Waals surface area contributed by atoms with Crippen molar-refractivity contribution in [3.8, 4) is 33.8 Å². The number of carbonyl (C=O) groups excluding carboxylic acids is 4. The van der Waals surface area contributed by atoms with Crippen LogP contribution in [-0.4, -0.2) is 105 Å². The Morgan fingerprint density at radius 1 is 0.661 bits per heavy atom. The number of alkyl carbamates (subject to hydrolysis) is 2. The van der Waals surface area contributed by atoms with Crippen molar-refractivity contribution in [2.75, 3.05) is 34.4 Å². The molecule has 6 aromatic rings. The lowest BCUT2D eigenvalue weighted by Crippen LogP contribution is -2.54. The fourth-order valence-corrected chi connectivity index (χ4v) is 8.38. The average Bonchev–Trinajstić information content (AvgIpc) is 4.17. The zero-order chi connectivity index (χ0) is 43.3. The third-order valence-corrected chi connectivity index (χ3v) is 11.8. The number of hydrogen-bond acceptors (Lipinski definition) is 10. The second kappa shape index (κ2) is 18.3. The Bertz CT molecular complexity index is 2560. The number of methoxy groups -OCH3 is 3. The largest absolute Gasteiger partial charge is 0.453 e. The van der Waals surface area contributed by atoms with Crippen LogP contribution in [0.4, 0.5) is 9.59 Å². The molecule has 0 radical (unpaired) electrons. The van der Waals surface area contributed by atoms with Crippen molar-refractivity contribution in [2.45, 2.75) is 62.9 Å². The van der Waals surface area contributed by atoms with E-state index in [2.05, 4.69) is 43.8 Å². The summed E-state index contributed by atoms with van der Waals surface area (Å²) in [6, 6.07) is 23.1. The number of likely N-dealkylation sites (tertiary alicyclic amines) is 2. The van der Waals surface area contributed by atoms with Gasteiger partial charge in [0.1, 0.15) is 23.7 Å². The van der Waals surface area contributed by atoms with Crippen molar-refractivity contribution in [1.29, 1.82) is 0 Å². The normalized spacial score (nSPS) is 17.7. The van der Waals surface area contributed by atoms with Crippen LogP contribution >= 0.6 is 0 Å². The quantitative estimate of drug-likeness (QED) is 0.101. The summed E-state index contributed by atoms with van der Waals surface area (Å²) in [5.74, 6) is 0.887. The molecule has 5 atom stereocenters. The molecule has 2 aliphatic rings. The standard InChI is InChI=1S/C46H49N9O7/c1-27(60-2)39(52-45(58)61-3)43(56)54-20-8-12-37(54)41-48-25-35(50-41)29-16-14-28(15-17-29)34-23-31-18-19-32(22-33(31)24-47-34)36-26-49-42(51-36)38-13-9-21-55(38)44(57)40(53-46(59)62-4)30-10-6-5-7-11-30/h5-7,10-11,14-19,22-27,37-40H,8-9,12-13,20-21H2,1-4H3,(H,48,50)(H,49,51)(H,52,58)(H,53,59). The van der Waals surface area contributed by atoms with Gasteiger partial charge in [-0.25, -0.2) is 19.6 Å². The van der Waals surface area contributed by atoms with Crippen LogP contribution in [-0.2, 0) is 23.8 Å². The molecule has 3 aromatic carbocycles. The van der Waals surface area contributed by atoms with Crippen molar-refractivity contribution in [3.63, 3.8) is 0 Å². The zero-order valence-electron chi connectivity index (χ0n) is 35.0. The van der Waals surface area contributed by atoms with E-state index in [0.29, 0.717) is 30.3 Å². The van der Waals surface area contributed by atoms with Gasteiger partial charge in [0.15, 0.2) is 0 Å². The molecule has 8 rings (SSSR count).